The molecule has 0 amide bonds. The number of thiophene rings is 1. The van der Waals surface area contributed by atoms with Crippen molar-refractivity contribution in [3.8, 4) is 33.4 Å². The molecule has 0 unspecified atom stereocenters. The standard InChI is InChI=1S/C58H37NS/c1-2-16-39(17-3-1)44-21-10-12-29-54(44)59(41-34-32-40(33-35-41)43-27-14-19-38-18-4-5-20-42(38)43)55-37-52-48-25-9-7-23-46(48)45-22-6-8-24-47(45)51(52)36-53(55)49-28-15-31-57-58(49)50-26-11-13-30-56(50)60-57/h1-37H. The summed E-state index contributed by atoms with van der Waals surface area (Å²) in [6, 6.07) is 82.7. The first kappa shape index (κ1) is 34.5. The highest BCUT2D eigenvalue weighted by Gasteiger charge is 2.24. The van der Waals surface area contributed by atoms with E-state index in [1.807, 2.05) is 11.3 Å². The summed E-state index contributed by atoms with van der Waals surface area (Å²) >= 11 is 1.87. The normalized spacial score (nSPS) is 11.7. The zero-order chi connectivity index (χ0) is 39.6. The van der Waals surface area contributed by atoms with Crippen LogP contribution in [0, 0.1) is 0 Å². The van der Waals surface area contributed by atoms with Crippen molar-refractivity contribution in [3.05, 3.63) is 224 Å². The Morgan fingerprint density at radius 1 is 0.283 bits per heavy atom. The van der Waals surface area contributed by atoms with E-state index in [0.717, 1.165) is 17.1 Å². The molecule has 0 saturated carbocycles. The molecule has 1 heterocycles. The Balaban J connectivity index is 1.21. The molecule has 2 heteroatoms. The molecule has 0 fully saturated rings. The maximum absolute atomic E-state index is 2.52. The van der Waals surface area contributed by atoms with Crippen molar-refractivity contribution >= 4 is 91.7 Å². The van der Waals surface area contributed by atoms with Crippen LogP contribution in [-0.4, -0.2) is 0 Å². The molecule has 0 atom stereocenters. The number of hydrogen-bond donors (Lipinski definition) is 0. The lowest BCUT2D eigenvalue weighted by atomic mass is 9.89. The summed E-state index contributed by atoms with van der Waals surface area (Å²) in [7, 11) is 0. The van der Waals surface area contributed by atoms with Crippen LogP contribution in [0.4, 0.5) is 17.1 Å². The molecule has 0 aliphatic carbocycles. The van der Waals surface area contributed by atoms with Gasteiger partial charge in [-0.2, -0.15) is 0 Å². The van der Waals surface area contributed by atoms with Crippen molar-refractivity contribution in [2.24, 2.45) is 0 Å². The van der Waals surface area contributed by atoms with Crippen LogP contribution in [0.15, 0.2) is 224 Å². The van der Waals surface area contributed by atoms with E-state index >= 15 is 0 Å². The van der Waals surface area contributed by atoms with Crippen LogP contribution in [0.2, 0.25) is 0 Å². The summed E-state index contributed by atoms with van der Waals surface area (Å²) in [6.45, 7) is 0. The van der Waals surface area contributed by atoms with Gasteiger partial charge in [0.1, 0.15) is 0 Å². The number of fused-ring (bicyclic) bond motifs is 10. The maximum atomic E-state index is 2.52. The first-order valence-corrected chi connectivity index (χ1v) is 21.4. The van der Waals surface area contributed by atoms with Crippen LogP contribution < -0.4 is 4.90 Å². The average Bonchev–Trinajstić information content (AvgIpc) is 3.71. The van der Waals surface area contributed by atoms with Gasteiger partial charge in [0.25, 0.3) is 0 Å². The highest BCUT2D eigenvalue weighted by molar-refractivity contribution is 7.25. The molecule has 0 spiro atoms. The van der Waals surface area contributed by atoms with E-state index in [9.17, 15) is 0 Å². The average molecular weight is 780 g/mol. The lowest BCUT2D eigenvalue weighted by Crippen LogP contribution is -2.12. The molecule has 1 nitrogen and oxygen atoms in total. The molecule has 1 aromatic heterocycles. The summed E-state index contributed by atoms with van der Waals surface area (Å²) in [5, 5.41) is 12.6. The molecular weight excluding hydrogens is 743 g/mol. The fourth-order valence-electron chi connectivity index (χ4n) is 9.55. The van der Waals surface area contributed by atoms with Crippen LogP contribution >= 0.6 is 11.3 Å². The Kier molecular flexibility index (Phi) is 8.11. The van der Waals surface area contributed by atoms with Crippen molar-refractivity contribution in [3.63, 3.8) is 0 Å². The van der Waals surface area contributed by atoms with E-state index in [0.29, 0.717) is 0 Å². The van der Waals surface area contributed by atoms with Gasteiger partial charge in [-0.05, 0) is 108 Å². The minimum absolute atomic E-state index is 1.09. The predicted molar refractivity (Wildman–Crippen MR) is 260 cm³/mol. The Bertz CT molecular complexity index is 3590. The maximum Gasteiger partial charge on any atom is 0.0547 e. The second-order valence-corrected chi connectivity index (χ2v) is 16.7. The van der Waals surface area contributed by atoms with Crippen LogP contribution in [0.1, 0.15) is 0 Å². The Hall–Kier alpha value is -7.52. The van der Waals surface area contributed by atoms with Crippen molar-refractivity contribution in [1.82, 2.24) is 0 Å². The third-order valence-corrected chi connectivity index (χ3v) is 13.4. The van der Waals surface area contributed by atoms with Crippen molar-refractivity contribution in [1.29, 1.82) is 0 Å². The highest BCUT2D eigenvalue weighted by Crippen LogP contribution is 2.51. The topological polar surface area (TPSA) is 3.24 Å². The second kappa shape index (κ2) is 14.1. The third-order valence-electron chi connectivity index (χ3n) is 12.3. The zero-order valence-corrected chi connectivity index (χ0v) is 33.5. The molecule has 0 radical (unpaired) electrons. The van der Waals surface area contributed by atoms with Crippen molar-refractivity contribution < 1.29 is 0 Å². The van der Waals surface area contributed by atoms with Gasteiger partial charge in [-0.15, -0.1) is 11.3 Å². The molecular formula is C58H37NS. The highest BCUT2D eigenvalue weighted by atomic mass is 32.1. The van der Waals surface area contributed by atoms with Gasteiger partial charge in [-0.1, -0.05) is 182 Å². The summed E-state index contributed by atoms with van der Waals surface area (Å²) in [5.74, 6) is 0. The van der Waals surface area contributed by atoms with Crippen molar-refractivity contribution in [2.75, 3.05) is 4.90 Å². The van der Waals surface area contributed by atoms with E-state index in [2.05, 4.69) is 229 Å². The van der Waals surface area contributed by atoms with Gasteiger partial charge in [-0.25, -0.2) is 0 Å². The van der Waals surface area contributed by atoms with Gasteiger partial charge in [-0.3, -0.25) is 0 Å². The molecule has 60 heavy (non-hydrogen) atoms. The first-order chi connectivity index (χ1) is 29.8. The predicted octanol–water partition coefficient (Wildman–Crippen LogP) is 17.1. The van der Waals surface area contributed by atoms with Gasteiger partial charge in [0.05, 0.1) is 11.4 Å². The molecule has 12 aromatic rings. The van der Waals surface area contributed by atoms with Gasteiger partial charge < -0.3 is 4.90 Å². The zero-order valence-electron chi connectivity index (χ0n) is 32.7. The summed E-state index contributed by atoms with van der Waals surface area (Å²) in [5.41, 5.74) is 10.5. The monoisotopic (exact) mass is 779 g/mol. The van der Waals surface area contributed by atoms with Gasteiger partial charge >= 0.3 is 0 Å². The largest absolute Gasteiger partial charge is 0.309 e. The van der Waals surface area contributed by atoms with Gasteiger partial charge in [0.15, 0.2) is 0 Å². The molecule has 0 aliphatic rings. The smallest absolute Gasteiger partial charge is 0.0547 e. The Morgan fingerprint density at radius 2 is 0.800 bits per heavy atom. The van der Waals surface area contributed by atoms with E-state index in [4.69, 9.17) is 0 Å². The number of nitrogens with zero attached hydrogens (tertiary/aromatic N) is 1. The van der Waals surface area contributed by atoms with E-state index in [-0.39, 0.29) is 0 Å². The second-order valence-electron chi connectivity index (χ2n) is 15.6. The van der Waals surface area contributed by atoms with Crippen LogP contribution in [0.3, 0.4) is 0 Å². The lowest BCUT2D eigenvalue weighted by molar-refractivity contribution is 1.29. The molecule has 11 aromatic carbocycles. The molecule has 12 rings (SSSR count). The number of rotatable bonds is 6. The SMILES string of the molecule is c1ccc(-c2ccccc2N(c2ccc(-c3cccc4ccccc34)cc2)c2cc3c4ccccc4c4ccccc4c3cc2-c2cccc3sc4ccccc4c23)cc1. The molecule has 280 valence electrons. The Morgan fingerprint density at radius 3 is 1.57 bits per heavy atom. The number of para-hydroxylation sites is 1. The van der Waals surface area contributed by atoms with E-state index in [1.165, 1.54) is 96.6 Å². The van der Waals surface area contributed by atoms with E-state index < -0.39 is 0 Å². The van der Waals surface area contributed by atoms with Crippen LogP contribution in [-0.2, 0) is 0 Å². The van der Waals surface area contributed by atoms with Crippen molar-refractivity contribution in [2.45, 2.75) is 0 Å². The molecule has 0 saturated heterocycles. The molecule has 0 aliphatic heterocycles. The number of benzene rings is 11. The third kappa shape index (κ3) is 5.53. The quantitative estimate of drug-likeness (QED) is 0.152. The van der Waals surface area contributed by atoms with Gasteiger partial charge in [0, 0.05) is 37.0 Å². The fraction of sp³-hybridized carbons (Fsp3) is 0. The summed E-state index contributed by atoms with van der Waals surface area (Å²) in [4.78, 5) is 2.52. The summed E-state index contributed by atoms with van der Waals surface area (Å²) < 4.78 is 2.59. The minimum Gasteiger partial charge on any atom is -0.309 e. The van der Waals surface area contributed by atoms with Crippen LogP contribution in [0.5, 0.6) is 0 Å². The first-order valence-electron chi connectivity index (χ1n) is 20.6. The Labute approximate surface area is 352 Å². The fourth-order valence-corrected chi connectivity index (χ4v) is 10.7. The van der Waals surface area contributed by atoms with Crippen LogP contribution in [0.25, 0.3) is 96.6 Å². The number of anilines is 3. The number of hydrogen-bond acceptors (Lipinski definition) is 2. The van der Waals surface area contributed by atoms with E-state index in [1.54, 1.807) is 0 Å². The summed E-state index contributed by atoms with van der Waals surface area (Å²) in [6.07, 6.45) is 0. The minimum atomic E-state index is 1.09. The van der Waals surface area contributed by atoms with Gasteiger partial charge in [0.2, 0.25) is 0 Å². The molecule has 0 bridgehead atoms. The lowest BCUT2D eigenvalue weighted by Gasteiger charge is -2.31. The molecule has 0 N–H and O–H groups in total.